The number of rotatable bonds is 9. The van der Waals surface area contributed by atoms with Crippen molar-refractivity contribution in [2.45, 2.75) is 83.3 Å². The van der Waals surface area contributed by atoms with Gasteiger partial charge in [0.1, 0.15) is 17.6 Å². The standard InChI is InChI=1S/C31H38N4O6/c1-30(29(38)39)10-6-21(7-11-30)41-23-14-22(24(40-2)13-20(23)15-32)27(36)35-26-19-5-4-18(12-19)25(26)28(37)34-17-31(16-33)8-3-9-31/h13-14,18-19,21,25-26H,3-12,17H2,1-2H3,(H,34,37)(H,35,36)(H,38,39). The van der Waals surface area contributed by atoms with Crippen LogP contribution in [0.5, 0.6) is 11.5 Å². The van der Waals surface area contributed by atoms with Gasteiger partial charge in [0.05, 0.1) is 47.2 Å². The van der Waals surface area contributed by atoms with Crippen molar-refractivity contribution >= 4 is 17.8 Å². The number of benzene rings is 1. The average molecular weight is 563 g/mol. The molecule has 4 aliphatic carbocycles. The van der Waals surface area contributed by atoms with Crippen LogP contribution in [0.15, 0.2) is 12.1 Å². The van der Waals surface area contributed by atoms with Crippen LogP contribution >= 0.6 is 0 Å². The summed E-state index contributed by atoms with van der Waals surface area (Å²) in [6, 6.07) is 7.15. The molecule has 4 aliphatic rings. The maximum atomic E-state index is 13.7. The number of nitrogens with one attached hydrogen (secondary N) is 2. The lowest BCUT2D eigenvalue weighted by molar-refractivity contribution is -0.150. The molecule has 41 heavy (non-hydrogen) atoms. The Morgan fingerprint density at radius 3 is 2.34 bits per heavy atom. The third kappa shape index (κ3) is 5.45. The first-order chi connectivity index (χ1) is 19.6. The summed E-state index contributed by atoms with van der Waals surface area (Å²) in [5.41, 5.74) is -0.820. The summed E-state index contributed by atoms with van der Waals surface area (Å²) in [6.07, 6.45) is 7.04. The van der Waals surface area contributed by atoms with Crippen LogP contribution in [0.2, 0.25) is 0 Å². The molecule has 4 unspecified atom stereocenters. The number of nitriles is 2. The first-order valence-corrected chi connectivity index (χ1v) is 14.6. The number of carbonyl (C=O) groups excluding carboxylic acids is 2. The van der Waals surface area contributed by atoms with E-state index in [4.69, 9.17) is 9.47 Å². The summed E-state index contributed by atoms with van der Waals surface area (Å²) >= 11 is 0. The number of aliphatic carboxylic acids is 1. The molecule has 3 N–H and O–H groups in total. The van der Waals surface area contributed by atoms with Gasteiger partial charge in [0.2, 0.25) is 5.91 Å². The molecule has 0 saturated heterocycles. The number of nitrogens with zero attached hydrogens (tertiary/aromatic N) is 2. The van der Waals surface area contributed by atoms with Crippen molar-refractivity contribution in [3.8, 4) is 23.6 Å². The van der Waals surface area contributed by atoms with Crippen LogP contribution in [0.3, 0.4) is 0 Å². The van der Waals surface area contributed by atoms with Gasteiger partial charge in [0.15, 0.2) is 0 Å². The van der Waals surface area contributed by atoms with Crippen molar-refractivity contribution in [1.82, 2.24) is 10.6 Å². The Morgan fingerprint density at radius 2 is 1.76 bits per heavy atom. The van der Waals surface area contributed by atoms with Crippen molar-refractivity contribution in [2.75, 3.05) is 13.7 Å². The van der Waals surface area contributed by atoms with Gasteiger partial charge in [-0.3, -0.25) is 14.4 Å². The van der Waals surface area contributed by atoms with E-state index in [9.17, 15) is 30.0 Å². The topological polar surface area (TPSA) is 162 Å². The monoisotopic (exact) mass is 562 g/mol. The minimum absolute atomic E-state index is 0.106. The third-order valence-electron chi connectivity index (χ3n) is 10.2. The molecule has 1 aromatic carbocycles. The number of carboxylic acid groups (broad SMARTS) is 1. The van der Waals surface area contributed by atoms with E-state index < -0.39 is 22.7 Å². The molecule has 5 rings (SSSR count). The summed E-state index contributed by atoms with van der Waals surface area (Å²) in [4.78, 5) is 38.6. The number of methoxy groups -OCH3 is 1. The van der Waals surface area contributed by atoms with E-state index in [-0.39, 0.29) is 58.4 Å². The van der Waals surface area contributed by atoms with E-state index >= 15 is 0 Å². The van der Waals surface area contributed by atoms with Crippen LogP contribution in [0.1, 0.15) is 87.1 Å². The molecule has 10 nitrogen and oxygen atoms in total. The van der Waals surface area contributed by atoms with Crippen LogP contribution in [0.4, 0.5) is 0 Å². The van der Waals surface area contributed by atoms with Crippen LogP contribution in [-0.2, 0) is 9.59 Å². The summed E-state index contributed by atoms with van der Waals surface area (Å²) in [5.74, 6) is -0.817. The van der Waals surface area contributed by atoms with Gasteiger partial charge in [-0.2, -0.15) is 10.5 Å². The second-order valence-corrected chi connectivity index (χ2v) is 12.7. The van der Waals surface area contributed by atoms with Gasteiger partial charge >= 0.3 is 5.97 Å². The predicted octanol–water partition coefficient (Wildman–Crippen LogP) is 3.93. The smallest absolute Gasteiger partial charge is 0.309 e. The molecule has 0 heterocycles. The van der Waals surface area contributed by atoms with Crippen LogP contribution in [0, 0.1) is 51.2 Å². The van der Waals surface area contributed by atoms with Crippen molar-refractivity contribution < 1.29 is 29.0 Å². The highest BCUT2D eigenvalue weighted by Gasteiger charge is 2.52. The Balaban J connectivity index is 1.31. The second-order valence-electron chi connectivity index (χ2n) is 12.7. The number of fused-ring (bicyclic) bond motifs is 2. The molecule has 218 valence electrons. The molecule has 0 spiro atoms. The zero-order valence-corrected chi connectivity index (χ0v) is 23.7. The number of amides is 2. The van der Waals surface area contributed by atoms with Gasteiger partial charge in [0.25, 0.3) is 5.91 Å². The zero-order valence-electron chi connectivity index (χ0n) is 23.7. The number of hydrogen-bond acceptors (Lipinski definition) is 7. The van der Waals surface area contributed by atoms with Gasteiger partial charge in [-0.05, 0) is 82.6 Å². The van der Waals surface area contributed by atoms with E-state index in [1.54, 1.807) is 6.92 Å². The summed E-state index contributed by atoms with van der Waals surface area (Å²) < 4.78 is 11.6. The highest BCUT2D eigenvalue weighted by Crippen LogP contribution is 2.49. The number of carboxylic acids is 1. The molecule has 4 saturated carbocycles. The summed E-state index contributed by atoms with van der Waals surface area (Å²) in [6.45, 7) is 2.08. The molecule has 10 heteroatoms. The van der Waals surface area contributed by atoms with Crippen molar-refractivity contribution in [3.63, 3.8) is 0 Å². The fraction of sp³-hybridized carbons (Fsp3) is 0.645. The number of ether oxygens (including phenoxy) is 2. The Labute approximate surface area is 240 Å². The van der Waals surface area contributed by atoms with Gasteiger partial charge < -0.3 is 25.2 Å². The van der Waals surface area contributed by atoms with Crippen LogP contribution < -0.4 is 20.1 Å². The molecule has 0 aliphatic heterocycles. The number of hydrogen-bond donors (Lipinski definition) is 3. The zero-order chi connectivity index (χ0) is 29.4. The number of carbonyl (C=O) groups is 3. The summed E-state index contributed by atoms with van der Waals surface area (Å²) in [5, 5.41) is 35.0. The minimum atomic E-state index is -0.822. The fourth-order valence-electron chi connectivity index (χ4n) is 7.24. The SMILES string of the molecule is COc1cc(C#N)c(OC2CCC(C)(C(=O)O)CC2)cc1C(=O)NC1C2CCC(C2)C1C(=O)NCC1(C#N)CCC1. The van der Waals surface area contributed by atoms with E-state index in [1.807, 2.05) is 0 Å². The molecule has 2 amide bonds. The third-order valence-corrected chi connectivity index (χ3v) is 10.2. The van der Waals surface area contributed by atoms with Gasteiger partial charge in [-0.15, -0.1) is 0 Å². The largest absolute Gasteiger partial charge is 0.496 e. The van der Waals surface area contributed by atoms with Crippen molar-refractivity contribution in [2.24, 2.45) is 28.6 Å². The van der Waals surface area contributed by atoms with Crippen molar-refractivity contribution in [1.29, 1.82) is 10.5 Å². The van der Waals surface area contributed by atoms with Crippen LogP contribution in [-0.4, -0.2) is 48.7 Å². The van der Waals surface area contributed by atoms with Gasteiger partial charge in [0, 0.05) is 18.7 Å². The molecule has 1 aromatic rings. The molecular weight excluding hydrogens is 524 g/mol. The molecule has 0 radical (unpaired) electrons. The van der Waals surface area contributed by atoms with Gasteiger partial charge in [-0.25, -0.2) is 0 Å². The molecule has 4 fully saturated rings. The quantitative estimate of drug-likeness (QED) is 0.408. The first kappa shape index (κ1) is 28.7. The maximum Gasteiger partial charge on any atom is 0.309 e. The normalized spacial score (nSPS) is 31.2. The molecule has 0 aromatic heterocycles. The Bertz CT molecular complexity index is 1300. The molecule has 2 bridgehead atoms. The minimum Gasteiger partial charge on any atom is -0.496 e. The lowest BCUT2D eigenvalue weighted by Gasteiger charge is -2.36. The lowest BCUT2D eigenvalue weighted by atomic mass is 9.70. The Morgan fingerprint density at radius 1 is 1.05 bits per heavy atom. The van der Waals surface area contributed by atoms with E-state index in [0.717, 1.165) is 38.5 Å². The van der Waals surface area contributed by atoms with E-state index in [0.29, 0.717) is 32.2 Å². The van der Waals surface area contributed by atoms with Gasteiger partial charge in [-0.1, -0.05) is 6.42 Å². The second kappa shape index (κ2) is 11.2. The van der Waals surface area contributed by atoms with E-state index in [1.165, 1.54) is 19.2 Å². The van der Waals surface area contributed by atoms with E-state index in [2.05, 4.69) is 22.8 Å². The molecular formula is C31H38N4O6. The molecule has 4 atom stereocenters. The summed E-state index contributed by atoms with van der Waals surface area (Å²) in [7, 11) is 1.43. The Hall–Kier alpha value is -3.79. The lowest BCUT2D eigenvalue weighted by Crippen LogP contribution is -2.51. The fourth-order valence-corrected chi connectivity index (χ4v) is 7.24. The van der Waals surface area contributed by atoms with Crippen molar-refractivity contribution in [3.05, 3.63) is 23.3 Å². The predicted molar refractivity (Wildman–Crippen MR) is 147 cm³/mol. The highest BCUT2D eigenvalue weighted by atomic mass is 16.5. The maximum absolute atomic E-state index is 13.7. The highest BCUT2D eigenvalue weighted by molar-refractivity contribution is 5.98. The van der Waals surface area contributed by atoms with Crippen LogP contribution in [0.25, 0.3) is 0 Å². The first-order valence-electron chi connectivity index (χ1n) is 14.6. The Kier molecular flexibility index (Phi) is 7.87. The average Bonchev–Trinajstić information content (AvgIpc) is 3.55.